The molecule has 0 radical (unpaired) electrons. The van der Waals surface area contributed by atoms with Crippen molar-refractivity contribution in [2.24, 2.45) is 0 Å². The molecule has 1 atom stereocenters. The average molecular weight is 301 g/mol. The fraction of sp³-hybridized carbons (Fsp3) is 0.667. The Hall–Kier alpha value is -1.47. The van der Waals surface area contributed by atoms with Gasteiger partial charge < -0.3 is 10.1 Å². The second kappa shape index (κ2) is 6.32. The molecule has 0 spiro atoms. The van der Waals surface area contributed by atoms with Gasteiger partial charge in [0.1, 0.15) is 5.82 Å². The van der Waals surface area contributed by atoms with Crippen LogP contribution >= 0.6 is 11.6 Å². The molecule has 1 N–H and O–H groups in total. The molecule has 0 saturated carbocycles. The van der Waals surface area contributed by atoms with Gasteiger partial charge in [0.05, 0.1) is 11.0 Å². The highest BCUT2D eigenvalue weighted by Gasteiger charge is 2.25. The molecule has 1 aromatic rings. The Morgan fingerprint density at radius 1 is 1.55 bits per heavy atom. The average Bonchev–Trinajstić information content (AvgIpc) is 2.88. The smallest absolute Gasteiger partial charge is 0.348 e. The predicted octanol–water partition coefficient (Wildman–Crippen LogP) is 2.75. The molecule has 1 aliphatic heterocycles. The first kappa shape index (κ1) is 14.9. The standard InChI is InChI=1S/C12H17ClN4O3/c1-7(2)11-15-10(13)9(17(18)19)12(16-11)14-6-8-4-3-5-20-8/h7-8H,3-6H2,1-2H3,(H,14,15,16). The summed E-state index contributed by atoms with van der Waals surface area (Å²) in [7, 11) is 0. The van der Waals surface area contributed by atoms with Gasteiger partial charge in [-0.3, -0.25) is 10.1 Å². The van der Waals surface area contributed by atoms with E-state index in [0.29, 0.717) is 12.4 Å². The first-order chi connectivity index (χ1) is 9.49. The Bertz CT molecular complexity index is 504. The summed E-state index contributed by atoms with van der Waals surface area (Å²) in [5.74, 6) is 0.682. The van der Waals surface area contributed by atoms with Crippen molar-refractivity contribution in [3.63, 3.8) is 0 Å². The van der Waals surface area contributed by atoms with E-state index in [-0.39, 0.29) is 28.7 Å². The zero-order valence-corrected chi connectivity index (χ0v) is 12.2. The van der Waals surface area contributed by atoms with Crippen LogP contribution < -0.4 is 5.32 Å². The van der Waals surface area contributed by atoms with Gasteiger partial charge in [-0.05, 0) is 12.8 Å². The largest absolute Gasteiger partial charge is 0.376 e. The summed E-state index contributed by atoms with van der Waals surface area (Å²) < 4.78 is 5.47. The van der Waals surface area contributed by atoms with Gasteiger partial charge in [0, 0.05) is 19.1 Å². The highest BCUT2D eigenvalue weighted by atomic mass is 35.5. The molecule has 7 nitrogen and oxygen atoms in total. The molecule has 8 heteroatoms. The zero-order chi connectivity index (χ0) is 14.7. The number of aromatic nitrogens is 2. The summed E-state index contributed by atoms with van der Waals surface area (Å²) in [5, 5.41) is 13.9. The molecule has 0 amide bonds. The molecule has 0 aromatic carbocycles. The molecule has 110 valence electrons. The summed E-state index contributed by atoms with van der Waals surface area (Å²) in [6.07, 6.45) is 2.01. The fourth-order valence-electron chi connectivity index (χ4n) is 2.00. The first-order valence-electron chi connectivity index (χ1n) is 6.56. The molecule has 2 heterocycles. The van der Waals surface area contributed by atoms with Crippen LogP contribution in [0.3, 0.4) is 0 Å². The van der Waals surface area contributed by atoms with Crippen LogP contribution in [0.4, 0.5) is 11.5 Å². The van der Waals surface area contributed by atoms with E-state index >= 15 is 0 Å². The fourth-order valence-corrected chi connectivity index (χ4v) is 2.25. The summed E-state index contributed by atoms with van der Waals surface area (Å²) in [4.78, 5) is 18.7. The van der Waals surface area contributed by atoms with E-state index in [1.807, 2.05) is 13.8 Å². The van der Waals surface area contributed by atoms with E-state index in [9.17, 15) is 10.1 Å². The third-order valence-corrected chi connectivity index (χ3v) is 3.34. The van der Waals surface area contributed by atoms with Gasteiger partial charge in [-0.1, -0.05) is 25.4 Å². The molecule has 1 aromatic heterocycles. The predicted molar refractivity (Wildman–Crippen MR) is 75.2 cm³/mol. The molecule has 0 bridgehead atoms. The Morgan fingerprint density at radius 2 is 2.30 bits per heavy atom. The number of hydrogen-bond acceptors (Lipinski definition) is 6. The van der Waals surface area contributed by atoms with Crippen molar-refractivity contribution in [3.05, 3.63) is 21.1 Å². The van der Waals surface area contributed by atoms with Crippen LogP contribution in [0.2, 0.25) is 5.15 Å². The lowest BCUT2D eigenvalue weighted by Gasteiger charge is -2.13. The van der Waals surface area contributed by atoms with E-state index in [2.05, 4.69) is 15.3 Å². The van der Waals surface area contributed by atoms with Crippen molar-refractivity contribution in [2.45, 2.75) is 38.7 Å². The minimum absolute atomic E-state index is 0.0385. The van der Waals surface area contributed by atoms with E-state index in [4.69, 9.17) is 16.3 Å². The van der Waals surface area contributed by atoms with Gasteiger partial charge in [-0.15, -0.1) is 0 Å². The number of nitro groups is 1. The number of nitrogens with zero attached hydrogens (tertiary/aromatic N) is 3. The lowest BCUT2D eigenvalue weighted by molar-refractivity contribution is -0.384. The van der Waals surface area contributed by atoms with Crippen LogP contribution in [0.1, 0.15) is 38.4 Å². The number of hydrogen-bond donors (Lipinski definition) is 1. The minimum atomic E-state index is -0.565. The van der Waals surface area contributed by atoms with Crippen LogP contribution in [0.15, 0.2) is 0 Å². The molecule has 1 unspecified atom stereocenters. The lowest BCUT2D eigenvalue weighted by atomic mass is 10.2. The normalized spacial score (nSPS) is 18.5. The lowest BCUT2D eigenvalue weighted by Crippen LogP contribution is -2.20. The SMILES string of the molecule is CC(C)c1nc(Cl)c([N+](=O)[O-])c(NCC2CCCO2)n1. The summed E-state index contributed by atoms with van der Waals surface area (Å²) in [6, 6.07) is 0. The van der Waals surface area contributed by atoms with Gasteiger partial charge in [-0.25, -0.2) is 9.97 Å². The van der Waals surface area contributed by atoms with Gasteiger partial charge >= 0.3 is 5.69 Å². The molecule has 1 saturated heterocycles. The van der Waals surface area contributed by atoms with Crippen molar-refractivity contribution < 1.29 is 9.66 Å². The first-order valence-corrected chi connectivity index (χ1v) is 6.94. The topological polar surface area (TPSA) is 90.2 Å². The maximum Gasteiger partial charge on any atom is 0.348 e. The number of anilines is 1. The monoisotopic (exact) mass is 300 g/mol. The van der Waals surface area contributed by atoms with E-state index < -0.39 is 4.92 Å². The third-order valence-electron chi connectivity index (χ3n) is 3.08. The highest BCUT2D eigenvalue weighted by Crippen LogP contribution is 2.31. The quantitative estimate of drug-likeness (QED) is 0.511. The molecule has 1 fully saturated rings. The van der Waals surface area contributed by atoms with Crippen LogP contribution in [-0.4, -0.2) is 34.1 Å². The van der Waals surface area contributed by atoms with E-state index in [0.717, 1.165) is 19.4 Å². The summed E-state index contributed by atoms with van der Waals surface area (Å²) in [6.45, 7) is 5.02. The highest BCUT2D eigenvalue weighted by molar-refractivity contribution is 6.31. The number of rotatable bonds is 5. The molecular formula is C12H17ClN4O3. The van der Waals surface area contributed by atoms with Crippen molar-refractivity contribution in [3.8, 4) is 0 Å². The van der Waals surface area contributed by atoms with E-state index in [1.165, 1.54) is 0 Å². The molecule has 2 rings (SSSR count). The Labute approximate surface area is 121 Å². The van der Waals surface area contributed by atoms with Crippen LogP contribution in [0.25, 0.3) is 0 Å². The van der Waals surface area contributed by atoms with Crippen LogP contribution in [-0.2, 0) is 4.74 Å². The third kappa shape index (κ3) is 3.34. The van der Waals surface area contributed by atoms with Crippen LogP contribution in [0, 0.1) is 10.1 Å². The second-order valence-corrected chi connectivity index (χ2v) is 5.36. The van der Waals surface area contributed by atoms with Crippen LogP contribution in [0.5, 0.6) is 0 Å². The Balaban J connectivity index is 2.24. The van der Waals surface area contributed by atoms with Crippen molar-refractivity contribution in [1.29, 1.82) is 0 Å². The van der Waals surface area contributed by atoms with E-state index in [1.54, 1.807) is 0 Å². The van der Waals surface area contributed by atoms with Gasteiger partial charge in [-0.2, -0.15) is 0 Å². The van der Waals surface area contributed by atoms with Crippen molar-refractivity contribution >= 4 is 23.1 Å². The summed E-state index contributed by atoms with van der Waals surface area (Å²) in [5.41, 5.74) is -0.283. The molecule has 1 aliphatic rings. The molecular weight excluding hydrogens is 284 g/mol. The van der Waals surface area contributed by atoms with Crippen molar-refractivity contribution in [2.75, 3.05) is 18.5 Å². The maximum atomic E-state index is 11.1. The summed E-state index contributed by atoms with van der Waals surface area (Å²) >= 11 is 5.90. The second-order valence-electron chi connectivity index (χ2n) is 5.00. The minimum Gasteiger partial charge on any atom is -0.376 e. The Kier molecular flexibility index (Phi) is 4.72. The van der Waals surface area contributed by atoms with Gasteiger partial charge in [0.2, 0.25) is 11.0 Å². The number of halogens is 1. The molecule has 20 heavy (non-hydrogen) atoms. The Morgan fingerprint density at radius 3 is 2.85 bits per heavy atom. The molecule has 0 aliphatic carbocycles. The number of ether oxygens (including phenoxy) is 1. The van der Waals surface area contributed by atoms with Gasteiger partial charge in [0.25, 0.3) is 0 Å². The van der Waals surface area contributed by atoms with Gasteiger partial charge in [0.15, 0.2) is 0 Å². The zero-order valence-electron chi connectivity index (χ0n) is 11.4. The maximum absolute atomic E-state index is 11.1. The van der Waals surface area contributed by atoms with Crippen molar-refractivity contribution in [1.82, 2.24) is 9.97 Å². The number of nitrogens with one attached hydrogen (secondary N) is 1.